The van der Waals surface area contributed by atoms with Crippen molar-refractivity contribution in [3.05, 3.63) is 59.5 Å². The number of methoxy groups -OCH3 is 1. The molecule has 3 rings (SSSR count). The number of hydrogen-bond acceptors (Lipinski definition) is 5. The largest absolute Gasteiger partial charge is 0.497 e. The number of aliphatic hydroxyl groups excluding tert-OH is 1. The van der Waals surface area contributed by atoms with E-state index in [4.69, 9.17) is 9.15 Å². The molecule has 0 aliphatic heterocycles. The summed E-state index contributed by atoms with van der Waals surface area (Å²) in [5.74, 6) is 2.39. The lowest BCUT2D eigenvalue weighted by Gasteiger charge is -2.12. The number of aliphatic hydroxyl groups is 1. The fourth-order valence-corrected chi connectivity index (χ4v) is 2.51. The van der Waals surface area contributed by atoms with Crippen LogP contribution < -0.4 is 10.1 Å². The number of nitrogens with one attached hydrogen (secondary N) is 2. The fourth-order valence-electron chi connectivity index (χ4n) is 2.51. The molecular formula is C18H21N3O3. The van der Waals surface area contributed by atoms with Crippen LogP contribution in [0, 0.1) is 6.92 Å². The summed E-state index contributed by atoms with van der Waals surface area (Å²) >= 11 is 0. The van der Waals surface area contributed by atoms with Crippen LogP contribution in [-0.2, 0) is 6.54 Å². The fraction of sp³-hybridized carbons (Fsp3) is 0.278. The summed E-state index contributed by atoms with van der Waals surface area (Å²) in [6, 6.07) is 11.2. The van der Waals surface area contributed by atoms with Gasteiger partial charge in [0.05, 0.1) is 19.4 Å². The number of aryl methyl sites for hydroxylation is 1. The van der Waals surface area contributed by atoms with Gasteiger partial charge in [0.1, 0.15) is 17.2 Å². The first-order valence-electron chi connectivity index (χ1n) is 7.79. The first-order valence-corrected chi connectivity index (χ1v) is 7.79. The highest BCUT2D eigenvalue weighted by atomic mass is 16.5. The Morgan fingerprint density at radius 1 is 1.25 bits per heavy atom. The van der Waals surface area contributed by atoms with E-state index in [1.807, 2.05) is 43.3 Å². The summed E-state index contributed by atoms with van der Waals surface area (Å²) in [6.45, 7) is 2.93. The van der Waals surface area contributed by atoms with Gasteiger partial charge in [-0.15, -0.1) is 0 Å². The molecule has 0 saturated carbocycles. The van der Waals surface area contributed by atoms with E-state index in [-0.39, 0.29) is 0 Å². The van der Waals surface area contributed by atoms with E-state index in [9.17, 15) is 5.11 Å². The molecule has 0 unspecified atom stereocenters. The van der Waals surface area contributed by atoms with Crippen LogP contribution >= 0.6 is 0 Å². The predicted octanol–water partition coefficient (Wildman–Crippen LogP) is 2.81. The number of rotatable bonds is 7. The number of ether oxygens (including phenoxy) is 1. The number of furan rings is 1. The SMILES string of the molecule is COc1ccc([C@H](O)CNCc2cn[nH]c2-c2ccc(C)o2)cc1. The Morgan fingerprint density at radius 3 is 2.71 bits per heavy atom. The van der Waals surface area contributed by atoms with E-state index in [1.54, 1.807) is 13.3 Å². The summed E-state index contributed by atoms with van der Waals surface area (Å²) in [5.41, 5.74) is 2.69. The predicted molar refractivity (Wildman–Crippen MR) is 90.7 cm³/mol. The molecule has 1 atom stereocenters. The molecule has 126 valence electrons. The molecule has 0 fully saturated rings. The van der Waals surface area contributed by atoms with E-state index in [0.29, 0.717) is 13.1 Å². The van der Waals surface area contributed by atoms with Gasteiger partial charge in [-0.2, -0.15) is 5.10 Å². The van der Waals surface area contributed by atoms with Crippen LogP contribution in [0.5, 0.6) is 5.75 Å². The van der Waals surface area contributed by atoms with Gasteiger partial charge in [0.15, 0.2) is 5.76 Å². The summed E-state index contributed by atoms with van der Waals surface area (Å²) in [6.07, 6.45) is 1.18. The van der Waals surface area contributed by atoms with Gasteiger partial charge < -0.3 is 19.6 Å². The molecule has 2 heterocycles. The van der Waals surface area contributed by atoms with Gasteiger partial charge in [-0.3, -0.25) is 5.10 Å². The lowest BCUT2D eigenvalue weighted by atomic mass is 10.1. The van der Waals surface area contributed by atoms with Crippen molar-refractivity contribution >= 4 is 0 Å². The minimum Gasteiger partial charge on any atom is -0.497 e. The molecule has 1 aromatic carbocycles. The quantitative estimate of drug-likeness (QED) is 0.621. The summed E-state index contributed by atoms with van der Waals surface area (Å²) in [7, 11) is 1.62. The van der Waals surface area contributed by atoms with E-state index < -0.39 is 6.10 Å². The first-order chi connectivity index (χ1) is 11.7. The highest BCUT2D eigenvalue weighted by molar-refractivity contribution is 5.56. The van der Waals surface area contributed by atoms with E-state index in [0.717, 1.165) is 34.1 Å². The molecule has 24 heavy (non-hydrogen) atoms. The van der Waals surface area contributed by atoms with Gasteiger partial charge in [-0.05, 0) is 36.8 Å². The summed E-state index contributed by atoms with van der Waals surface area (Å²) in [5, 5.41) is 20.5. The molecule has 0 aliphatic rings. The lowest BCUT2D eigenvalue weighted by Crippen LogP contribution is -2.21. The zero-order chi connectivity index (χ0) is 16.9. The van der Waals surface area contributed by atoms with Crippen molar-refractivity contribution in [3.63, 3.8) is 0 Å². The molecule has 0 aliphatic carbocycles. The highest BCUT2D eigenvalue weighted by Gasteiger charge is 2.12. The maximum atomic E-state index is 10.3. The maximum absolute atomic E-state index is 10.3. The Balaban J connectivity index is 1.57. The molecule has 3 aromatic rings. The molecular weight excluding hydrogens is 306 g/mol. The van der Waals surface area contributed by atoms with Gasteiger partial charge in [-0.1, -0.05) is 12.1 Å². The van der Waals surface area contributed by atoms with Crippen molar-refractivity contribution in [2.45, 2.75) is 19.6 Å². The molecule has 0 bridgehead atoms. The Labute approximate surface area is 140 Å². The summed E-state index contributed by atoms with van der Waals surface area (Å²) in [4.78, 5) is 0. The second-order valence-electron chi connectivity index (χ2n) is 5.60. The van der Waals surface area contributed by atoms with Crippen LogP contribution in [-0.4, -0.2) is 29.0 Å². The molecule has 2 aromatic heterocycles. The minimum atomic E-state index is -0.586. The second kappa shape index (κ2) is 7.33. The molecule has 0 saturated heterocycles. The third-order valence-electron chi connectivity index (χ3n) is 3.86. The Bertz CT molecular complexity index is 777. The van der Waals surface area contributed by atoms with Crippen LogP contribution in [0.4, 0.5) is 0 Å². The third-order valence-corrected chi connectivity index (χ3v) is 3.86. The molecule has 6 nitrogen and oxygen atoms in total. The normalized spacial score (nSPS) is 12.3. The molecule has 0 spiro atoms. The monoisotopic (exact) mass is 327 g/mol. The molecule has 3 N–H and O–H groups in total. The Kier molecular flexibility index (Phi) is 4.98. The van der Waals surface area contributed by atoms with Crippen molar-refractivity contribution in [3.8, 4) is 17.2 Å². The number of aromatic amines is 1. The van der Waals surface area contributed by atoms with E-state index in [1.165, 1.54) is 0 Å². The average molecular weight is 327 g/mol. The number of nitrogens with zero attached hydrogens (tertiary/aromatic N) is 1. The highest BCUT2D eigenvalue weighted by Crippen LogP contribution is 2.23. The number of H-pyrrole nitrogens is 1. The van der Waals surface area contributed by atoms with Crippen LogP contribution in [0.3, 0.4) is 0 Å². The van der Waals surface area contributed by atoms with Crippen LogP contribution in [0.25, 0.3) is 11.5 Å². The molecule has 0 amide bonds. The molecule has 6 heteroatoms. The zero-order valence-corrected chi connectivity index (χ0v) is 13.7. The second-order valence-corrected chi connectivity index (χ2v) is 5.60. The lowest BCUT2D eigenvalue weighted by molar-refractivity contribution is 0.174. The zero-order valence-electron chi connectivity index (χ0n) is 13.7. The number of benzene rings is 1. The number of aromatic nitrogens is 2. The Hall–Kier alpha value is -2.57. The van der Waals surface area contributed by atoms with Gasteiger partial charge in [0.25, 0.3) is 0 Å². The Morgan fingerprint density at radius 2 is 2.04 bits per heavy atom. The van der Waals surface area contributed by atoms with Crippen molar-refractivity contribution in [1.29, 1.82) is 0 Å². The third kappa shape index (κ3) is 3.67. The van der Waals surface area contributed by atoms with E-state index in [2.05, 4.69) is 15.5 Å². The molecule has 0 radical (unpaired) electrons. The van der Waals surface area contributed by atoms with Crippen LogP contribution in [0.15, 0.2) is 47.0 Å². The van der Waals surface area contributed by atoms with Crippen LogP contribution in [0.2, 0.25) is 0 Å². The average Bonchev–Trinajstić information content (AvgIpc) is 3.23. The minimum absolute atomic E-state index is 0.439. The maximum Gasteiger partial charge on any atom is 0.152 e. The first kappa shape index (κ1) is 16.3. The smallest absolute Gasteiger partial charge is 0.152 e. The van der Waals surface area contributed by atoms with Gasteiger partial charge in [0.2, 0.25) is 0 Å². The number of hydrogen-bond donors (Lipinski definition) is 3. The van der Waals surface area contributed by atoms with Gasteiger partial charge >= 0.3 is 0 Å². The topological polar surface area (TPSA) is 83.3 Å². The van der Waals surface area contributed by atoms with Crippen molar-refractivity contribution < 1.29 is 14.3 Å². The van der Waals surface area contributed by atoms with Gasteiger partial charge in [-0.25, -0.2) is 0 Å². The van der Waals surface area contributed by atoms with E-state index >= 15 is 0 Å². The van der Waals surface area contributed by atoms with Crippen molar-refractivity contribution in [2.24, 2.45) is 0 Å². The van der Waals surface area contributed by atoms with Crippen molar-refractivity contribution in [1.82, 2.24) is 15.5 Å². The standard InChI is InChI=1S/C18H21N3O3/c1-12-3-8-17(24-12)18-14(10-20-21-18)9-19-11-16(22)13-4-6-15(23-2)7-5-13/h3-8,10,16,19,22H,9,11H2,1-2H3,(H,20,21)/t16-/m1/s1. The van der Waals surface area contributed by atoms with Crippen LogP contribution in [0.1, 0.15) is 23.0 Å². The van der Waals surface area contributed by atoms with Gasteiger partial charge in [0, 0.05) is 18.7 Å². The van der Waals surface area contributed by atoms with Crippen molar-refractivity contribution in [2.75, 3.05) is 13.7 Å². The summed E-state index contributed by atoms with van der Waals surface area (Å²) < 4.78 is 10.7.